The lowest BCUT2D eigenvalue weighted by Gasteiger charge is -2.28. The van der Waals surface area contributed by atoms with Gasteiger partial charge in [-0.2, -0.15) is 0 Å². The lowest BCUT2D eigenvalue weighted by atomic mass is 9.99. The van der Waals surface area contributed by atoms with Crippen molar-refractivity contribution >= 4 is 11.6 Å². The number of carbonyl (C=O) groups excluding carboxylic acids is 1. The number of nitrogens with one attached hydrogen (secondary N) is 1. The summed E-state index contributed by atoms with van der Waals surface area (Å²) in [5.74, 6) is 0.0684. The van der Waals surface area contributed by atoms with E-state index in [9.17, 15) is 4.79 Å². The van der Waals surface area contributed by atoms with E-state index in [0.717, 1.165) is 25.2 Å². The van der Waals surface area contributed by atoms with Crippen molar-refractivity contribution in [3.8, 4) is 0 Å². The number of nitrogens with two attached hydrogens (primary N) is 1. The number of benzene rings is 1. The molecule has 0 aliphatic carbocycles. The van der Waals surface area contributed by atoms with Crippen molar-refractivity contribution < 1.29 is 4.79 Å². The van der Waals surface area contributed by atoms with Crippen LogP contribution in [0.4, 0.5) is 5.69 Å². The molecule has 0 aromatic heterocycles. The number of hydrogen-bond donors (Lipinski definition) is 2. The number of amides is 1. The summed E-state index contributed by atoms with van der Waals surface area (Å²) in [6.45, 7) is 2.23. The molecule has 4 heteroatoms. The molecular weight excluding hydrogens is 202 g/mol. The Labute approximate surface area is 95.4 Å². The molecule has 3 N–H and O–H groups in total. The lowest BCUT2D eigenvalue weighted by Crippen LogP contribution is -2.38. The molecule has 0 spiro atoms. The molecule has 1 heterocycles. The number of hydrogen-bond acceptors (Lipinski definition) is 3. The number of rotatable bonds is 2. The first kappa shape index (κ1) is 11.0. The smallest absolute Gasteiger partial charge is 0.233 e. The predicted molar refractivity (Wildman–Crippen MR) is 63.9 cm³/mol. The van der Waals surface area contributed by atoms with Gasteiger partial charge in [-0.1, -0.05) is 6.07 Å². The van der Waals surface area contributed by atoms with Crippen LogP contribution in [0, 0.1) is 0 Å². The average Bonchev–Trinajstić information content (AvgIpc) is 2.29. The molecule has 4 nitrogen and oxygen atoms in total. The molecule has 1 aliphatic rings. The molecule has 0 bridgehead atoms. The van der Waals surface area contributed by atoms with E-state index in [1.54, 1.807) is 7.05 Å². The normalized spacial score (nSPS) is 15.6. The molecular formula is C12H17N3O. The van der Waals surface area contributed by atoms with Gasteiger partial charge in [0.2, 0.25) is 5.91 Å². The topological polar surface area (TPSA) is 58.4 Å². The third-order valence-electron chi connectivity index (χ3n) is 2.97. The molecule has 1 aromatic rings. The third-order valence-corrected chi connectivity index (χ3v) is 2.97. The van der Waals surface area contributed by atoms with Gasteiger partial charge in [0, 0.05) is 25.8 Å². The molecule has 0 fully saturated rings. The number of carbonyl (C=O) groups is 1. The van der Waals surface area contributed by atoms with E-state index < -0.39 is 0 Å². The Kier molecular flexibility index (Phi) is 3.10. The molecule has 2 rings (SSSR count). The van der Waals surface area contributed by atoms with Gasteiger partial charge in [0.1, 0.15) is 0 Å². The van der Waals surface area contributed by atoms with Gasteiger partial charge >= 0.3 is 0 Å². The van der Waals surface area contributed by atoms with E-state index in [4.69, 9.17) is 5.73 Å². The van der Waals surface area contributed by atoms with Crippen LogP contribution in [0.25, 0.3) is 0 Å². The minimum atomic E-state index is 0.0684. The van der Waals surface area contributed by atoms with Gasteiger partial charge in [0.15, 0.2) is 0 Å². The Morgan fingerprint density at radius 3 is 3.06 bits per heavy atom. The summed E-state index contributed by atoms with van der Waals surface area (Å²) >= 11 is 0. The van der Waals surface area contributed by atoms with E-state index in [2.05, 4.69) is 16.3 Å². The summed E-state index contributed by atoms with van der Waals surface area (Å²) in [6.07, 6.45) is 0.970. The van der Waals surface area contributed by atoms with Crippen molar-refractivity contribution in [3.63, 3.8) is 0 Å². The van der Waals surface area contributed by atoms with Crippen molar-refractivity contribution in [2.75, 3.05) is 25.9 Å². The van der Waals surface area contributed by atoms with E-state index in [0.29, 0.717) is 6.54 Å². The van der Waals surface area contributed by atoms with Crippen molar-refractivity contribution in [2.24, 2.45) is 0 Å². The summed E-state index contributed by atoms with van der Waals surface area (Å²) < 4.78 is 0. The van der Waals surface area contributed by atoms with E-state index in [-0.39, 0.29) is 5.91 Å². The van der Waals surface area contributed by atoms with Crippen molar-refractivity contribution in [1.29, 1.82) is 0 Å². The summed E-state index contributed by atoms with van der Waals surface area (Å²) in [4.78, 5) is 13.4. The first-order valence-electron chi connectivity index (χ1n) is 5.49. The maximum absolute atomic E-state index is 11.3. The standard InChI is InChI=1S/C12H17N3O/c1-14-12(16)8-15-5-4-9-6-11(13)3-2-10(9)7-15/h2-3,6H,4-5,7-8,13H2,1H3,(H,14,16). The lowest BCUT2D eigenvalue weighted by molar-refractivity contribution is -0.121. The van der Waals surface area contributed by atoms with Crippen LogP contribution in [0.2, 0.25) is 0 Å². The molecule has 0 radical (unpaired) electrons. The Morgan fingerprint density at radius 1 is 1.50 bits per heavy atom. The number of nitrogens with zero attached hydrogens (tertiary/aromatic N) is 1. The first-order chi connectivity index (χ1) is 7.69. The van der Waals surface area contributed by atoms with Gasteiger partial charge in [0.25, 0.3) is 0 Å². The molecule has 0 saturated heterocycles. The van der Waals surface area contributed by atoms with Gasteiger partial charge in [-0.05, 0) is 29.7 Å². The highest BCUT2D eigenvalue weighted by Crippen LogP contribution is 2.20. The summed E-state index contributed by atoms with van der Waals surface area (Å²) in [6, 6.07) is 6.01. The Balaban J connectivity index is 2.06. The van der Waals surface area contributed by atoms with Crippen LogP contribution in [-0.4, -0.2) is 30.9 Å². The van der Waals surface area contributed by atoms with Gasteiger partial charge in [-0.15, -0.1) is 0 Å². The third kappa shape index (κ3) is 2.33. The maximum atomic E-state index is 11.3. The second kappa shape index (κ2) is 4.53. The first-order valence-corrected chi connectivity index (χ1v) is 5.49. The minimum absolute atomic E-state index is 0.0684. The second-order valence-electron chi connectivity index (χ2n) is 4.16. The molecule has 16 heavy (non-hydrogen) atoms. The van der Waals surface area contributed by atoms with Crippen LogP contribution in [-0.2, 0) is 17.8 Å². The van der Waals surface area contributed by atoms with Gasteiger partial charge in [-0.3, -0.25) is 9.69 Å². The molecule has 86 valence electrons. The van der Waals surface area contributed by atoms with Crippen molar-refractivity contribution in [1.82, 2.24) is 10.2 Å². The number of nitrogen functional groups attached to an aromatic ring is 1. The molecule has 0 saturated carbocycles. The minimum Gasteiger partial charge on any atom is -0.399 e. The number of fused-ring (bicyclic) bond motifs is 1. The predicted octanol–water partition coefficient (Wildman–Crippen LogP) is 0.373. The van der Waals surface area contributed by atoms with Gasteiger partial charge in [0.05, 0.1) is 6.54 Å². The summed E-state index contributed by atoms with van der Waals surface area (Å²) in [7, 11) is 1.67. The molecule has 1 amide bonds. The van der Waals surface area contributed by atoms with Crippen LogP contribution in [0.15, 0.2) is 18.2 Å². The van der Waals surface area contributed by atoms with Crippen molar-refractivity contribution in [2.45, 2.75) is 13.0 Å². The van der Waals surface area contributed by atoms with Gasteiger partial charge in [-0.25, -0.2) is 0 Å². The fraction of sp³-hybridized carbons (Fsp3) is 0.417. The van der Waals surface area contributed by atoms with E-state index in [1.165, 1.54) is 11.1 Å². The van der Waals surface area contributed by atoms with Crippen LogP contribution in [0.1, 0.15) is 11.1 Å². The Hall–Kier alpha value is -1.55. The molecule has 0 unspecified atom stereocenters. The number of likely N-dealkylation sites (N-methyl/N-ethyl adjacent to an activating group) is 1. The highest BCUT2D eigenvalue weighted by molar-refractivity contribution is 5.77. The maximum Gasteiger partial charge on any atom is 0.233 e. The van der Waals surface area contributed by atoms with Crippen molar-refractivity contribution in [3.05, 3.63) is 29.3 Å². The molecule has 0 atom stereocenters. The molecule has 1 aliphatic heterocycles. The Morgan fingerprint density at radius 2 is 2.31 bits per heavy atom. The summed E-state index contributed by atoms with van der Waals surface area (Å²) in [5.41, 5.74) is 9.15. The van der Waals surface area contributed by atoms with Gasteiger partial charge < -0.3 is 11.1 Å². The summed E-state index contributed by atoms with van der Waals surface area (Å²) in [5, 5.41) is 2.64. The zero-order chi connectivity index (χ0) is 11.5. The highest BCUT2D eigenvalue weighted by Gasteiger charge is 2.17. The van der Waals surface area contributed by atoms with Crippen LogP contribution in [0.3, 0.4) is 0 Å². The highest BCUT2D eigenvalue weighted by atomic mass is 16.1. The zero-order valence-electron chi connectivity index (χ0n) is 9.49. The molecule has 1 aromatic carbocycles. The number of anilines is 1. The van der Waals surface area contributed by atoms with E-state index in [1.807, 2.05) is 12.1 Å². The zero-order valence-corrected chi connectivity index (χ0v) is 9.49. The van der Waals surface area contributed by atoms with Crippen LogP contribution in [0.5, 0.6) is 0 Å². The quantitative estimate of drug-likeness (QED) is 0.707. The monoisotopic (exact) mass is 219 g/mol. The van der Waals surface area contributed by atoms with E-state index >= 15 is 0 Å². The SMILES string of the molecule is CNC(=O)CN1CCc2cc(N)ccc2C1. The fourth-order valence-corrected chi connectivity index (χ4v) is 2.05. The fourth-order valence-electron chi connectivity index (χ4n) is 2.05. The second-order valence-corrected chi connectivity index (χ2v) is 4.16. The largest absolute Gasteiger partial charge is 0.399 e. The van der Waals surface area contributed by atoms with Crippen LogP contribution < -0.4 is 11.1 Å². The Bertz CT molecular complexity index is 403. The average molecular weight is 219 g/mol. The van der Waals surface area contributed by atoms with Crippen LogP contribution >= 0.6 is 0 Å².